The lowest BCUT2D eigenvalue weighted by atomic mass is 9.85. The zero-order chi connectivity index (χ0) is 22.5. The zero-order valence-corrected chi connectivity index (χ0v) is 19.9. The summed E-state index contributed by atoms with van der Waals surface area (Å²) in [4.78, 5) is 15.4. The summed E-state index contributed by atoms with van der Waals surface area (Å²) < 4.78 is 11.8. The molecule has 0 bridgehead atoms. The van der Waals surface area contributed by atoms with Crippen molar-refractivity contribution in [2.75, 3.05) is 5.73 Å². The van der Waals surface area contributed by atoms with Gasteiger partial charge in [-0.15, -0.1) is 0 Å². The van der Waals surface area contributed by atoms with Crippen LogP contribution in [0.3, 0.4) is 0 Å². The van der Waals surface area contributed by atoms with Crippen molar-refractivity contribution < 1.29 is 14.3 Å². The van der Waals surface area contributed by atoms with Gasteiger partial charge in [0.05, 0.1) is 17.8 Å². The molecule has 2 N–H and O–H groups in total. The van der Waals surface area contributed by atoms with Crippen LogP contribution in [0, 0.1) is 18.8 Å². The Morgan fingerprint density at radius 3 is 2.32 bits per heavy atom. The number of hydrogen-bond acceptors (Lipinski definition) is 4. The molecule has 2 aliphatic carbocycles. The van der Waals surface area contributed by atoms with Crippen LogP contribution in [0.2, 0.25) is 0 Å². The summed E-state index contributed by atoms with van der Waals surface area (Å²) >= 11 is 0. The molecular formula is C26H38N2O3. The number of aryl methyl sites for hydroxylation is 1. The van der Waals surface area contributed by atoms with Gasteiger partial charge in [0.2, 0.25) is 0 Å². The molecule has 4 rings (SSSR count). The third-order valence-corrected chi connectivity index (χ3v) is 6.42. The van der Waals surface area contributed by atoms with E-state index in [2.05, 4.69) is 24.0 Å². The third-order valence-electron chi connectivity index (χ3n) is 6.42. The fourth-order valence-electron chi connectivity index (χ4n) is 4.76. The maximum absolute atomic E-state index is 13.3. The number of ether oxygens (including phenoxy) is 2. The number of nitrogens with zero attached hydrogens (tertiary/aromatic N) is 1. The molecule has 1 aromatic carbocycles. The van der Waals surface area contributed by atoms with Crippen LogP contribution in [0.1, 0.15) is 77.8 Å². The van der Waals surface area contributed by atoms with Crippen LogP contribution in [0.5, 0.6) is 5.75 Å². The SMILES string of the molecule is Cc1cc(N)c(OC(C)C)cc1C1=CC(C2CC2)N(C(=O)OC(C)(C)C)C(C2CC2)C1. The molecule has 2 fully saturated rings. The molecule has 0 spiro atoms. The van der Waals surface area contributed by atoms with Crippen molar-refractivity contribution in [3.8, 4) is 5.75 Å². The fourth-order valence-corrected chi connectivity index (χ4v) is 4.76. The van der Waals surface area contributed by atoms with Gasteiger partial charge in [-0.1, -0.05) is 6.08 Å². The molecule has 1 aromatic rings. The van der Waals surface area contributed by atoms with Gasteiger partial charge in [0.25, 0.3) is 0 Å². The van der Waals surface area contributed by atoms with E-state index in [-0.39, 0.29) is 24.3 Å². The first kappa shape index (κ1) is 22.0. The Balaban J connectivity index is 1.71. The van der Waals surface area contributed by atoms with Crippen LogP contribution >= 0.6 is 0 Å². The number of rotatable bonds is 5. The van der Waals surface area contributed by atoms with E-state index >= 15 is 0 Å². The van der Waals surface area contributed by atoms with E-state index in [1.807, 2.05) is 40.7 Å². The third kappa shape index (κ3) is 5.02. The lowest BCUT2D eigenvalue weighted by Crippen LogP contribution is -2.52. The summed E-state index contributed by atoms with van der Waals surface area (Å²) in [5.74, 6) is 1.85. The van der Waals surface area contributed by atoms with Crippen LogP contribution in [0.25, 0.3) is 5.57 Å². The highest BCUT2D eigenvalue weighted by Crippen LogP contribution is 2.48. The first-order chi connectivity index (χ1) is 14.5. The maximum Gasteiger partial charge on any atom is 0.411 e. The second-order valence-electron chi connectivity index (χ2n) is 10.9. The molecule has 5 heteroatoms. The number of nitrogens with two attached hydrogens (primary N) is 1. The summed E-state index contributed by atoms with van der Waals surface area (Å²) in [6.45, 7) is 12.0. The molecule has 1 aliphatic heterocycles. The highest BCUT2D eigenvalue weighted by molar-refractivity contribution is 5.78. The number of carbonyl (C=O) groups is 1. The predicted molar refractivity (Wildman–Crippen MR) is 125 cm³/mol. The Morgan fingerprint density at radius 1 is 1.13 bits per heavy atom. The number of nitrogen functional groups attached to an aromatic ring is 1. The zero-order valence-electron chi connectivity index (χ0n) is 19.9. The molecule has 2 saturated carbocycles. The van der Waals surface area contributed by atoms with Gasteiger partial charge in [-0.2, -0.15) is 0 Å². The average Bonchev–Trinajstić information content (AvgIpc) is 3.53. The van der Waals surface area contributed by atoms with Gasteiger partial charge in [0, 0.05) is 6.04 Å². The maximum atomic E-state index is 13.3. The summed E-state index contributed by atoms with van der Waals surface area (Å²) in [7, 11) is 0. The van der Waals surface area contributed by atoms with E-state index in [1.54, 1.807) is 0 Å². The number of hydrogen-bond donors (Lipinski definition) is 1. The quantitative estimate of drug-likeness (QED) is 0.591. The molecule has 5 nitrogen and oxygen atoms in total. The van der Waals surface area contributed by atoms with Gasteiger partial charge < -0.3 is 15.2 Å². The molecule has 2 unspecified atom stereocenters. The van der Waals surface area contributed by atoms with E-state index in [4.69, 9.17) is 15.2 Å². The Labute approximate surface area is 187 Å². The first-order valence-electron chi connectivity index (χ1n) is 11.8. The minimum atomic E-state index is -0.486. The van der Waals surface area contributed by atoms with Crippen LogP contribution < -0.4 is 10.5 Å². The standard InChI is InChI=1S/C26H38N2O3/c1-15(2)30-24-14-20(16(3)11-21(24)27)19-12-22(17-7-8-17)28(23(13-19)18-9-10-18)25(29)31-26(4,5)6/h11-12,14-15,17-18,22-23H,7-10,13,27H2,1-6H3. The fraction of sp³-hybridized carbons (Fsp3) is 0.654. The van der Waals surface area contributed by atoms with Gasteiger partial charge in [-0.3, -0.25) is 4.90 Å². The highest BCUT2D eigenvalue weighted by atomic mass is 16.6. The van der Waals surface area contributed by atoms with Crippen molar-refractivity contribution in [3.05, 3.63) is 29.3 Å². The normalized spacial score (nSPS) is 24.2. The van der Waals surface area contributed by atoms with Gasteiger partial charge in [0.1, 0.15) is 11.4 Å². The summed E-state index contributed by atoms with van der Waals surface area (Å²) in [5.41, 5.74) is 10.1. The van der Waals surface area contributed by atoms with Crippen LogP contribution in [0.4, 0.5) is 10.5 Å². The molecular weight excluding hydrogens is 388 g/mol. The van der Waals surface area contributed by atoms with E-state index in [0.29, 0.717) is 17.5 Å². The first-order valence-corrected chi connectivity index (χ1v) is 11.8. The van der Waals surface area contributed by atoms with E-state index in [0.717, 1.165) is 17.7 Å². The predicted octanol–water partition coefficient (Wildman–Crippen LogP) is 5.95. The lowest BCUT2D eigenvalue weighted by molar-refractivity contribution is 0.00368. The summed E-state index contributed by atoms with van der Waals surface area (Å²) in [6, 6.07) is 4.43. The van der Waals surface area contributed by atoms with Gasteiger partial charge >= 0.3 is 6.09 Å². The average molecular weight is 427 g/mol. The molecule has 2 atom stereocenters. The summed E-state index contributed by atoms with van der Waals surface area (Å²) in [6.07, 6.45) is 7.83. The molecule has 3 aliphatic rings. The molecule has 0 saturated heterocycles. The van der Waals surface area contributed by atoms with Crippen molar-refractivity contribution in [2.45, 2.75) is 97.4 Å². The second kappa shape index (κ2) is 8.07. The topological polar surface area (TPSA) is 64.8 Å². The van der Waals surface area contributed by atoms with Crippen LogP contribution in [-0.4, -0.2) is 34.8 Å². The van der Waals surface area contributed by atoms with Crippen molar-refractivity contribution in [1.29, 1.82) is 0 Å². The number of benzene rings is 1. The minimum absolute atomic E-state index is 0.0688. The Bertz CT molecular complexity index is 875. The highest BCUT2D eigenvalue weighted by Gasteiger charge is 2.48. The molecule has 0 aromatic heterocycles. The Hall–Kier alpha value is -2.17. The molecule has 1 amide bonds. The Morgan fingerprint density at radius 2 is 1.77 bits per heavy atom. The minimum Gasteiger partial charge on any atom is -0.489 e. The lowest BCUT2D eigenvalue weighted by Gasteiger charge is -2.42. The van der Waals surface area contributed by atoms with E-state index in [9.17, 15) is 4.79 Å². The summed E-state index contributed by atoms with van der Waals surface area (Å²) in [5, 5.41) is 0. The molecule has 31 heavy (non-hydrogen) atoms. The van der Waals surface area contributed by atoms with Crippen LogP contribution in [0.15, 0.2) is 18.2 Å². The molecule has 170 valence electrons. The second-order valence-corrected chi connectivity index (χ2v) is 10.9. The smallest absolute Gasteiger partial charge is 0.411 e. The van der Waals surface area contributed by atoms with Crippen molar-refractivity contribution in [2.24, 2.45) is 11.8 Å². The number of amides is 1. The van der Waals surface area contributed by atoms with Gasteiger partial charge in [-0.05, 0) is 114 Å². The largest absolute Gasteiger partial charge is 0.489 e. The van der Waals surface area contributed by atoms with Crippen LogP contribution in [-0.2, 0) is 4.74 Å². The molecule has 1 heterocycles. The van der Waals surface area contributed by atoms with E-state index in [1.165, 1.54) is 36.8 Å². The van der Waals surface area contributed by atoms with E-state index < -0.39 is 5.60 Å². The van der Waals surface area contributed by atoms with Crippen molar-refractivity contribution >= 4 is 17.4 Å². The monoisotopic (exact) mass is 426 g/mol. The number of anilines is 1. The van der Waals surface area contributed by atoms with Gasteiger partial charge in [-0.25, -0.2) is 4.79 Å². The van der Waals surface area contributed by atoms with Crippen molar-refractivity contribution in [3.63, 3.8) is 0 Å². The number of carbonyl (C=O) groups excluding carboxylic acids is 1. The molecule has 0 radical (unpaired) electrons. The Kier molecular flexibility index (Phi) is 5.74. The van der Waals surface area contributed by atoms with Gasteiger partial charge in [0.15, 0.2) is 0 Å². The van der Waals surface area contributed by atoms with Crippen molar-refractivity contribution in [1.82, 2.24) is 4.90 Å².